The Balaban J connectivity index is 1.42. The van der Waals surface area contributed by atoms with Crippen molar-refractivity contribution in [2.24, 2.45) is 0 Å². The van der Waals surface area contributed by atoms with E-state index in [9.17, 15) is 24.5 Å². The van der Waals surface area contributed by atoms with E-state index >= 15 is 0 Å². The highest BCUT2D eigenvalue weighted by atomic mass is 32.1. The third-order valence-corrected chi connectivity index (χ3v) is 5.61. The number of nitrogens with one attached hydrogen (secondary N) is 1. The number of nitro benzene ring substituents is 1. The van der Waals surface area contributed by atoms with E-state index in [1.165, 1.54) is 23.5 Å². The summed E-state index contributed by atoms with van der Waals surface area (Å²) in [6, 6.07) is 11.2. The van der Waals surface area contributed by atoms with Crippen molar-refractivity contribution in [3.8, 4) is 17.0 Å². The van der Waals surface area contributed by atoms with Gasteiger partial charge in [0.2, 0.25) is 5.91 Å². The zero-order chi connectivity index (χ0) is 23.5. The van der Waals surface area contributed by atoms with Crippen LogP contribution in [0.5, 0.6) is 5.75 Å². The Morgan fingerprint density at radius 1 is 1.18 bits per heavy atom. The van der Waals surface area contributed by atoms with Crippen molar-refractivity contribution < 1.29 is 24.0 Å². The van der Waals surface area contributed by atoms with Crippen LogP contribution in [0.4, 0.5) is 10.8 Å². The molecule has 33 heavy (non-hydrogen) atoms. The van der Waals surface area contributed by atoms with E-state index in [1.807, 2.05) is 31.2 Å². The van der Waals surface area contributed by atoms with Gasteiger partial charge in [-0.3, -0.25) is 29.4 Å². The second-order valence-corrected chi connectivity index (χ2v) is 7.97. The first-order chi connectivity index (χ1) is 15.9. The van der Waals surface area contributed by atoms with Gasteiger partial charge >= 0.3 is 0 Å². The lowest BCUT2D eigenvalue weighted by Crippen LogP contribution is -2.37. The summed E-state index contributed by atoms with van der Waals surface area (Å²) in [5.41, 5.74) is 0.620. The van der Waals surface area contributed by atoms with Crippen LogP contribution in [0.1, 0.15) is 34.1 Å². The second-order valence-electron chi connectivity index (χ2n) is 7.11. The lowest BCUT2D eigenvalue weighted by molar-refractivity contribution is -0.385. The maximum absolute atomic E-state index is 12.6. The predicted octanol–water partition coefficient (Wildman–Crippen LogP) is 3.74. The van der Waals surface area contributed by atoms with E-state index < -0.39 is 34.9 Å². The number of carbonyl (C=O) groups is 3. The molecular formula is C22H18N4O6S. The molecule has 3 aromatic rings. The van der Waals surface area contributed by atoms with E-state index in [0.29, 0.717) is 22.3 Å². The van der Waals surface area contributed by atoms with Gasteiger partial charge in [0.1, 0.15) is 17.9 Å². The number of thiazole rings is 1. The van der Waals surface area contributed by atoms with Gasteiger partial charge in [0.25, 0.3) is 17.5 Å². The first kappa shape index (κ1) is 22.1. The molecule has 0 fully saturated rings. The molecular weight excluding hydrogens is 448 g/mol. The molecule has 0 saturated carbocycles. The SMILES string of the molecule is CCCOc1ccc(-c2csc(NC(=O)CN3C(=O)c4cccc([N+](=O)[O-])c4C3=O)n2)cc1. The molecule has 0 saturated heterocycles. The average Bonchev–Trinajstić information content (AvgIpc) is 3.36. The van der Waals surface area contributed by atoms with Crippen molar-refractivity contribution in [2.45, 2.75) is 13.3 Å². The van der Waals surface area contributed by atoms with Gasteiger partial charge in [-0.05, 0) is 36.8 Å². The van der Waals surface area contributed by atoms with E-state index in [-0.39, 0.29) is 11.1 Å². The number of aromatic nitrogens is 1. The Hall–Kier alpha value is -4.12. The Bertz CT molecular complexity index is 1250. The van der Waals surface area contributed by atoms with Crippen molar-refractivity contribution in [1.82, 2.24) is 9.88 Å². The summed E-state index contributed by atoms with van der Waals surface area (Å²) in [7, 11) is 0. The predicted molar refractivity (Wildman–Crippen MR) is 120 cm³/mol. The van der Waals surface area contributed by atoms with Crippen LogP contribution in [0, 0.1) is 10.1 Å². The highest BCUT2D eigenvalue weighted by Gasteiger charge is 2.41. The standard InChI is InChI=1S/C22H18N4O6S/c1-2-10-32-14-8-6-13(7-9-14)16-12-33-22(23-16)24-18(27)11-25-20(28)15-4-3-5-17(26(30)31)19(15)21(25)29/h3-9,12H,2,10-11H2,1H3,(H,23,24,27). The van der Waals surface area contributed by atoms with Gasteiger partial charge in [0.05, 0.1) is 22.8 Å². The molecule has 2 aromatic carbocycles. The van der Waals surface area contributed by atoms with Crippen molar-refractivity contribution in [3.63, 3.8) is 0 Å². The number of ether oxygens (including phenoxy) is 1. The number of nitro groups is 1. The maximum Gasteiger partial charge on any atom is 0.282 e. The second kappa shape index (κ2) is 9.17. The van der Waals surface area contributed by atoms with Crippen molar-refractivity contribution in [3.05, 3.63) is 69.1 Å². The zero-order valence-corrected chi connectivity index (χ0v) is 18.3. The highest BCUT2D eigenvalue weighted by Crippen LogP contribution is 2.31. The molecule has 1 N–H and O–H groups in total. The average molecular weight is 466 g/mol. The quantitative estimate of drug-likeness (QED) is 0.304. The molecule has 1 aliphatic heterocycles. The fourth-order valence-corrected chi connectivity index (χ4v) is 4.06. The van der Waals surface area contributed by atoms with Gasteiger partial charge in [-0.15, -0.1) is 11.3 Å². The molecule has 1 aromatic heterocycles. The van der Waals surface area contributed by atoms with Crippen molar-refractivity contribution in [2.75, 3.05) is 18.5 Å². The molecule has 0 atom stereocenters. The Kier molecular flexibility index (Phi) is 6.13. The largest absolute Gasteiger partial charge is 0.494 e. The summed E-state index contributed by atoms with van der Waals surface area (Å²) in [5, 5.41) is 15.8. The molecule has 0 aliphatic carbocycles. The van der Waals surface area contributed by atoms with Gasteiger partial charge in [-0.2, -0.15) is 0 Å². The van der Waals surface area contributed by atoms with Gasteiger partial charge in [0.15, 0.2) is 5.13 Å². The molecule has 0 unspecified atom stereocenters. The van der Waals surface area contributed by atoms with Crippen LogP contribution in [-0.4, -0.2) is 45.7 Å². The van der Waals surface area contributed by atoms with Gasteiger partial charge < -0.3 is 10.1 Å². The van der Waals surface area contributed by atoms with Crippen LogP contribution < -0.4 is 10.1 Å². The topological polar surface area (TPSA) is 132 Å². The van der Waals surface area contributed by atoms with Gasteiger partial charge in [-0.25, -0.2) is 4.98 Å². The highest BCUT2D eigenvalue weighted by molar-refractivity contribution is 7.14. The number of hydrogen-bond donors (Lipinski definition) is 1. The summed E-state index contributed by atoms with van der Waals surface area (Å²) in [6.07, 6.45) is 0.911. The molecule has 0 spiro atoms. The minimum atomic E-state index is -0.873. The van der Waals surface area contributed by atoms with E-state index in [0.717, 1.165) is 23.8 Å². The molecule has 0 bridgehead atoms. The monoisotopic (exact) mass is 466 g/mol. The lowest BCUT2D eigenvalue weighted by Gasteiger charge is -2.12. The molecule has 2 heterocycles. The zero-order valence-electron chi connectivity index (χ0n) is 17.4. The van der Waals surface area contributed by atoms with Crippen molar-refractivity contribution >= 4 is 39.9 Å². The molecule has 0 radical (unpaired) electrons. The number of nitrogens with zero attached hydrogens (tertiary/aromatic N) is 3. The third kappa shape index (κ3) is 4.44. The fourth-order valence-electron chi connectivity index (χ4n) is 3.32. The summed E-state index contributed by atoms with van der Waals surface area (Å²) < 4.78 is 5.56. The smallest absolute Gasteiger partial charge is 0.282 e. The van der Waals surface area contributed by atoms with Crippen LogP contribution in [0.3, 0.4) is 0 Å². The number of fused-ring (bicyclic) bond motifs is 1. The molecule has 3 amide bonds. The van der Waals surface area contributed by atoms with Crippen LogP contribution >= 0.6 is 11.3 Å². The molecule has 168 valence electrons. The number of imide groups is 1. The first-order valence-corrected chi connectivity index (χ1v) is 10.9. The fraction of sp³-hybridized carbons (Fsp3) is 0.182. The molecule has 4 rings (SSSR count). The Morgan fingerprint density at radius 2 is 1.94 bits per heavy atom. The summed E-state index contributed by atoms with van der Waals surface area (Å²) in [4.78, 5) is 53.1. The normalized spacial score (nSPS) is 12.6. The minimum Gasteiger partial charge on any atom is -0.494 e. The number of hydrogen-bond acceptors (Lipinski definition) is 8. The van der Waals surface area contributed by atoms with E-state index in [1.54, 1.807) is 5.38 Å². The summed E-state index contributed by atoms with van der Waals surface area (Å²) in [5.74, 6) is -1.51. The summed E-state index contributed by atoms with van der Waals surface area (Å²) in [6.45, 7) is 2.08. The summed E-state index contributed by atoms with van der Waals surface area (Å²) >= 11 is 1.19. The Labute approximate surface area is 192 Å². The molecule has 11 heteroatoms. The van der Waals surface area contributed by atoms with Gasteiger partial charge in [0, 0.05) is 17.0 Å². The van der Waals surface area contributed by atoms with Gasteiger partial charge in [-0.1, -0.05) is 13.0 Å². The van der Waals surface area contributed by atoms with Crippen LogP contribution in [0.15, 0.2) is 47.8 Å². The van der Waals surface area contributed by atoms with Crippen LogP contribution in [0.2, 0.25) is 0 Å². The lowest BCUT2D eigenvalue weighted by atomic mass is 10.1. The number of anilines is 1. The van der Waals surface area contributed by atoms with E-state index in [2.05, 4.69) is 10.3 Å². The Morgan fingerprint density at radius 3 is 2.64 bits per heavy atom. The number of carbonyl (C=O) groups excluding carboxylic acids is 3. The molecule has 10 nitrogen and oxygen atoms in total. The number of amides is 3. The maximum atomic E-state index is 12.6. The van der Waals surface area contributed by atoms with Crippen LogP contribution in [0.25, 0.3) is 11.3 Å². The van der Waals surface area contributed by atoms with Crippen LogP contribution in [-0.2, 0) is 4.79 Å². The minimum absolute atomic E-state index is 0.0927. The van der Waals surface area contributed by atoms with Crippen molar-refractivity contribution in [1.29, 1.82) is 0 Å². The van der Waals surface area contributed by atoms with E-state index in [4.69, 9.17) is 4.74 Å². The first-order valence-electron chi connectivity index (χ1n) is 10.0. The number of benzene rings is 2. The molecule has 1 aliphatic rings. The third-order valence-electron chi connectivity index (χ3n) is 4.85. The number of rotatable bonds is 8.